The standard InChI is InChI=1S/C11H17N3O/c1-15-10-4-7-13-11(8-10)14-9-2-5-12-6-3-9/h4,7-9,12H,2-3,5-6H2,1H3,(H,13,14). The average Bonchev–Trinajstić information content (AvgIpc) is 2.31. The molecule has 2 heterocycles. The number of hydrogen-bond donors (Lipinski definition) is 2. The van der Waals surface area contributed by atoms with Crippen LogP contribution in [0.15, 0.2) is 18.3 Å². The predicted octanol–water partition coefficient (Wildman–Crippen LogP) is 1.25. The predicted molar refractivity (Wildman–Crippen MR) is 60.3 cm³/mol. The number of aromatic nitrogens is 1. The molecule has 1 aromatic heterocycles. The van der Waals surface area contributed by atoms with Crippen molar-refractivity contribution in [3.8, 4) is 5.75 Å². The summed E-state index contributed by atoms with van der Waals surface area (Å²) < 4.78 is 5.15. The van der Waals surface area contributed by atoms with Crippen molar-refractivity contribution in [1.29, 1.82) is 0 Å². The zero-order valence-electron chi connectivity index (χ0n) is 8.99. The number of hydrogen-bond acceptors (Lipinski definition) is 4. The monoisotopic (exact) mass is 207 g/mol. The van der Waals surface area contributed by atoms with E-state index < -0.39 is 0 Å². The van der Waals surface area contributed by atoms with Gasteiger partial charge in [0.2, 0.25) is 0 Å². The lowest BCUT2D eigenvalue weighted by molar-refractivity contribution is 0.414. The van der Waals surface area contributed by atoms with E-state index in [2.05, 4.69) is 15.6 Å². The van der Waals surface area contributed by atoms with Gasteiger partial charge in [-0.25, -0.2) is 4.98 Å². The molecule has 1 saturated heterocycles. The number of piperidine rings is 1. The molecule has 82 valence electrons. The average molecular weight is 207 g/mol. The van der Waals surface area contributed by atoms with Gasteiger partial charge in [-0.05, 0) is 32.0 Å². The molecule has 4 heteroatoms. The Hall–Kier alpha value is -1.29. The van der Waals surface area contributed by atoms with Crippen molar-refractivity contribution in [3.05, 3.63) is 18.3 Å². The Kier molecular flexibility index (Phi) is 3.40. The normalized spacial score (nSPS) is 17.4. The number of nitrogens with one attached hydrogen (secondary N) is 2. The van der Waals surface area contributed by atoms with Crippen LogP contribution in [0.1, 0.15) is 12.8 Å². The molecule has 1 aliphatic rings. The zero-order valence-corrected chi connectivity index (χ0v) is 8.99. The molecule has 0 spiro atoms. The van der Waals surface area contributed by atoms with E-state index in [1.54, 1.807) is 13.3 Å². The van der Waals surface area contributed by atoms with Crippen LogP contribution in [0.2, 0.25) is 0 Å². The summed E-state index contributed by atoms with van der Waals surface area (Å²) in [6, 6.07) is 4.32. The van der Waals surface area contributed by atoms with Crippen LogP contribution >= 0.6 is 0 Å². The molecule has 1 aromatic rings. The highest BCUT2D eigenvalue weighted by atomic mass is 16.5. The Labute approximate surface area is 90.0 Å². The minimum Gasteiger partial charge on any atom is -0.497 e. The fraction of sp³-hybridized carbons (Fsp3) is 0.545. The third-order valence-electron chi connectivity index (χ3n) is 2.66. The molecule has 0 unspecified atom stereocenters. The second kappa shape index (κ2) is 4.98. The first-order valence-electron chi connectivity index (χ1n) is 5.36. The van der Waals surface area contributed by atoms with Crippen LogP contribution in [0.4, 0.5) is 5.82 Å². The largest absolute Gasteiger partial charge is 0.497 e. The maximum atomic E-state index is 5.15. The Morgan fingerprint density at radius 1 is 1.47 bits per heavy atom. The van der Waals surface area contributed by atoms with Gasteiger partial charge >= 0.3 is 0 Å². The molecular weight excluding hydrogens is 190 g/mol. The Balaban J connectivity index is 1.96. The van der Waals surface area contributed by atoms with E-state index in [1.807, 2.05) is 12.1 Å². The molecular formula is C11H17N3O. The second-order valence-corrected chi connectivity index (χ2v) is 3.75. The molecule has 0 aliphatic carbocycles. The van der Waals surface area contributed by atoms with Gasteiger partial charge in [0.25, 0.3) is 0 Å². The van der Waals surface area contributed by atoms with Gasteiger partial charge in [0, 0.05) is 18.3 Å². The van der Waals surface area contributed by atoms with Crippen molar-refractivity contribution < 1.29 is 4.74 Å². The first-order valence-corrected chi connectivity index (χ1v) is 5.36. The van der Waals surface area contributed by atoms with E-state index >= 15 is 0 Å². The van der Waals surface area contributed by atoms with E-state index in [1.165, 1.54) is 0 Å². The molecule has 0 bridgehead atoms. The number of rotatable bonds is 3. The van der Waals surface area contributed by atoms with Crippen molar-refractivity contribution in [3.63, 3.8) is 0 Å². The Bertz CT molecular complexity index is 310. The lowest BCUT2D eigenvalue weighted by Gasteiger charge is -2.24. The molecule has 0 atom stereocenters. The quantitative estimate of drug-likeness (QED) is 0.783. The van der Waals surface area contributed by atoms with E-state index in [-0.39, 0.29) is 0 Å². The van der Waals surface area contributed by atoms with Crippen LogP contribution in [0.5, 0.6) is 5.75 Å². The number of nitrogens with zero attached hydrogens (tertiary/aromatic N) is 1. The van der Waals surface area contributed by atoms with Gasteiger partial charge in [-0.15, -0.1) is 0 Å². The summed E-state index contributed by atoms with van der Waals surface area (Å²) in [5, 5.41) is 6.76. The van der Waals surface area contributed by atoms with E-state index in [9.17, 15) is 0 Å². The maximum Gasteiger partial charge on any atom is 0.129 e. The molecule has 2 rings (SSSR count). The summed E-state index contributed by atoms with van der Waals surface area (Å²) in [5.41, 5.74) is 0. The fourth-order valence-electron chi connectivity index (χ4n) is 1.79. The van der Waals surface area contributed by atoms with Gasteiger partial charge in [0.15, 0.2) is 0 Å². The Morgan fingerprint density at radius 2 is 2.27 bits per heavy atom. The molecule has 1 aliphatic heterocycles. The highest BCUT2D eigenvalue weighted by Crippen LogP contribution is 2.16. The highest BCUT2D eigenvalue weighted by Gasteiger charge is 2.12. The first kappa shape index (κ1) is 10.2. The summed E-state index contributed by atoms with van der Waals surface area (Å²) in [6.07, 6.45) is 4.07. The molecule has 0 aromatic carbocycles. The van der Waals surface area contributed by atoms with E-state index in [0.717, 1.165) is 37.5 Å². The van der Waals surface area contributed by atoms with Gasteiger partial charge in [-0.2, -0.15) is 0 Å². The lowest BCUT2D eigenvalue weighted by atomic mass is 10.1. The summed E-state index contributed by atoms with van der Waals surface area (Å²) in [5.74, 6) is 1.75. The second-order valence-electron chi connectivity index (χ2n) is 3.75. The number of methoxy groups -OCH3 is 1. The summed E-state index contributed by atoms with van der Waals surface area (Å²) in [6.45, 7) is 2.17. The third-order valence-corrected chi connectivity index (χ3v) is 2.66. The van der Waals surface area contributed by atoms with Crippen LogP contribution in [0.3, 0.4) is 0 Å². The minimum atomic E-state index is 0.533. The van der Waals surface area contributed by atoms with Crippen molar-refractivity contribution in [2.24, 2.45) is 0 Å². The highest BCUT2D eigenvalue weighted by molar-refractivity contribution is 5.41. The molecule has 1 fully saturated rings. The van der Waals surface area contributed by atoms with Crippen molar-refractivity contribution in [2.45, 2.75) is 18.9 Å². The number of anilines is 1. The van der Waals surface area contributed by atoms with Gasteiger partial charge in [0.1, 0.15) is 11.6 Å². The molecule has 4 nitrogen and oxygen atoms in total. The van der Waals surface area contributed by atoms with Crippen molar-refractivity contribution in [2.75, 3.05) is 25.5 Å². The van der Waals surface area contributed by atoms with E-state index in [4.69, 9.17) is 4.74 Å². The first-order chi connectivity index (χ1) is 7.38. The third kappa shape index (κ3) is 2.83. The van der Waals surface area contributed by atoms with Crippen LogP contribution in [-0.4, -0.2) is 31.2 Å². The lowest BCUT2D eigenvalue weighted by Crippen LogP contribution is -2.35. The van der Waals surface area contributed by atoms with Crippen LogP contribution in [0.25, 0.3) is 0 Å². The van der Waals surface area contributed by atoms with Crippen molar-refractivity contribution >= 4 is 5.82 Å². The summed E-state index contributed by atoms with van der Waals surface area (Å²) in [7, 11) is 1.67. The number of ether oxygens (including phenoxy) is 1. The summed E-state index contributed by atoms with van der Waals surface area (Å²) in [4.78, 5) is 4.27. The van der Waals surface area contributed by atoms with Gasteiger partial charge in [-0.3, -0.25) is 0 Å². The fourth-order valence-corrected chi connectivity index (χ4v) is 1.79. The smallest absolute Gasteiger partial charge is 0.129 e. The Morgan fingerprint density at radius 3 is 3.00 bits per heavy atom. The van der Waals surface area contributed by atoms with Crippen LogP contribution < -0.4 is 15.4 Å². The zero-order chi connectivity index (χ0) is 10.5. The van der Waals surface area contributed by atoms with Crippen LogP contribution in [0, 0.1) is 0 Å². The minimum absolute atomic E-state index is 0.533. The molecule has 2 N–H and O–H groups in total. The molecule has 0 amide bonds. The van der Waals surface area contributed by atoms with Gasteiger partial charge < -0.3 is 15.4 Å². The summed E-state index contributed by atoms with van der Waals surface area (Å²) >= 11 is 0. The van der Waals surface area contributed by atoms with Gasteiger partial charge in [0.05, 0.1) is 7.11 Å². The van der Waals surface area contributed by atoms with Crippen molar-refractivity contribution in [1.82, 2.24) is 10.3 Å². The number of pyridine rings is 1. The molecule has 0 radical (unpaired) electrons. The molecule has 15 heavy (non-hydrogen) atoms. The van der Waals surface area contributed by atoms with Gasteiger partial charge in [-0.1, -0.05) is 0 Å². The maximum absolute atomic E-state index is 5.15. The SMILES string of the molecule is COc1ccnc(NC2CCNCC2)c1. The van der Waals surface area contributed by atoms with E-state index in [0.29, 0.717) is 6.04 Å². The van der Waals surface area contributed by atoms with Crippen LogP contribution in [-0.2, 0) is 0 Å². The topological polar surface area (TPSA) is 46.2 Å². The molecule has 0 saturated carbocycles.